The normalized spacial score (nSPS) is 19.0. The van der Waals surface area contributed by atoms with Crippen LogP contribution in [0.5, 0.6) is 0 Å². The highest BCUT2D eigenvalue weighted by atomic mass is 16.5. The van der Waals surface area contributed by atoms with Crippen LogP contribution in [0, 0.1) is 5.92 Å². The molecule has 1 fully saturated rings. The Hall–Kier alpha value is -1.42. The smallest absolute Gasteiger partial charge is 0.309 e. The van der Waals surface area contributed by atoms with Crippen molar-refractivity contribution in [2.45, 2.75) is 45.8 Å². The minimum absolute atomic E-state index is 0.0173. The third-order valence-corrected chi connectivity index (χ3v) is 3.95. The lowest BCUT2D eigenvalue weighted by Crippen LogP contribution is -2.38. The molecule has 0 N–H and O–H groups in total. The largest absolute Gasteiger partial charge is 0.463 e. The molecule has 2 heterocycles. The summed E-state index contributed by atoms with van der Waals surface area (Å²) in [6.07, 6.45) is 5.43. The number of carbonyl (C=O) groups is 1. The van der Waals surface area contributed by atoms with Crippen molar-refractivity contribution in [1.82, 2.24) is 9.88 Å². The number of piperidine rings is 1. The first-order valence-electron chi connectivity index (χ1n) is 7.42. The molecule has 1 unspecified atom stereocenters. The summed E-state index contributed by atoms with van der Waals surface area (Å²) >= 11 is 0. The molecule has 0 aliphatic carbocycles. The highest BCUT2D eigenvalue weighted by Gasteiger charge is 2.28. The van der Waals surface area contributed by atoms with Gasteiger partial charge in [-0.3, -0.25) is 14.7 Å². The van der Waals surface area contributed by atoms with Crippen LogP contribution in [0.3, 0.4) is 0 Å². The van der Waals surface area contributed by atoms with E-state index in [1.54, 1.807) is 0 Å². The van der Waals surface area contributed by atoms with Crippen LogP contribution in [0.15, 0.2) is 24.5 Å². The summed E-state index contributed by atoms with van der Waals surface area (Å²) in [5, 5.41) is 0. The van der Waals surface area contributed by atoms with Crippen molar-refractivity contribution in [1.29, 1.82) is 0 Å². The van der Waals surface area contributed by atoms with Crippen LogP contribution < -0.4 is 0 Å². The zero-order chi connectivity index (χ0) is 14.5. The summed E-state index contributed by atoms with van der Waals surface area (Å²) in [6.45, 7) is 7.90. The first-order valence-corrected chi connectivity index (χ1v) is 7.42. The zero-order valence-electron chi connectivity index (χ0n) is 12.6. The van der Waals surface area contributed by atoms with E-state index in [9.17, 15) is 4.79 Å². The maximum absolute atomic E-state index is 11.9. The molecule has 2 rings (SSSR count). The van der Waals surface area contributed by atoms with Gasteiger partial charge >= 0.3 is 5.97 Å². The van der Waals surface area contributed by atoms with Gasteiger partial charge in [0.25, 0.3) is 0 Å². The van der Waals surface area contributed by atoms with Crippen LogP contribution >= 0.6 is 0 Å². The molecule has 110 valence electrons. The van der Waals surface area contributed by atoms with Gasteiger partial charge in [-0.1, -0.05) is 0 Å². The zero-order valence-corrected chi connectivity index (χ0v) is 12.6. The molecule has 0 amide bonds. The van der Waals surface area contributed by atoms with E-state index in [4.69, 9.17) is 4.74 Å². The molecule has 4 heteroatoms. The van der Waals surface area contributed by atoms with E-state index in [2.05, 4.69) is 28.9 Å². The maximum atomic E-state index is 11.9. The third-order valence-electron chi connectivity index (χ3n) is 3.95. The lowest BCUT2D eigenvalue weighted by atomic mass is 9.95. The number of carbonyl (C=O) groups excluding carboxylic acids is 1. The van der Waals surface area contributed by atoms with E-state index < -0.39 is 0 Å². The van der Waals surface area contributed by atoms with E-state index in [0.29, 0.717) is 6.04 Å². The molecule has 0 bridgehead atoms. The molecule has 0 radical (unpaired) electrons. The molecule has 20 heavy (non-hydrogen) atoms. The first kappa shape index (κ1) is 15.0. The molecule has 1 aliphatic heterocycles. The van der Waals surface area contributed by atoms with Crippen molar-refractivity contribution in [3.63, 3.8) is 0 Å². The van der Waals surface area contributed by atoms with Gasteiger partial charge in [-0.2, -0.15) is 0 Å². The van der Waals surface area contributed by atoms with Gasteiger partial charge in [0.05, 0.1) is 12.0 Å². The fourth-order valence-corrected chi connectivity index (χ4v) is 2.70. The van der Waals surface area contributed by atoms with Gasteiger partial charge in [-0.05, 0) is 64.4 Å². The van der Waals surface area contributed by atoms with E-state index in [1.807, 2.05) is 26.2 Å². The van der Waals surface area contributed by atoms with Crippen molar-refractivity contribution < 1.29 is 9.53 Å². The molecule has 1 aromatic heterocycles. The van der Waals surface area contributed by atoms with E-state index in [1.165, 1.54) is 5.56 Å². The molecule has 0 aromatic carbocycles. The van der Waals surface area contributed by atoms with E-state index >= 15 is 0 Å². The Morgan fingerprint density at radius 1 is 1.25 bits per heavy atom. The summed E-state index contributed by atoms with van der Waals surface area (Å²) < 4.78 is 5.30. The number of hydrogen-bond donors (Lipinski definition) is 0. The summed E-state index contributed by atoms with van der Waals surface area (Å²) in [5.41, 5.74) is 1.28. The fourth-order valence-electron chi connectivity index (χ4n) is 2.70. The minimum atomic E-state index is -0.0313. The van der Waals surface area contributed by atoms with Gasteiger partial charge in [0.15, 0.2) is 0 Å². The number of nitrogens with zero attached hydrogens (tertiary/aromatic N) is 2. The summed E-state index contributed by atoms with van der Waals surface area (Å²) in [4.78, 5) is 18.4. The van der Waals surface area contributed by atoms with Gasteiger partial charge in [0, 0.05) is 18.4 Å². The second kappa shape index (κ2) is 6.84. The highest BCUT2D eigenvalue weighted by Crippen LogP contribution is 2.27. The highest BCUT2D eigenvalue weighted by molar-refractivity contribution is 5.72. The Labute approximate surface area is 121 Å². The number of esters is 1. The van der Waals surface area contributed by atoms with Crippen LogP contribution in [0.1, 0.15) is 45.2 Å². The van der Waals surface area contributed by atoms with Crippen molar-refractivity contribution >= 4 is 5.97 Å². The second-order valence-corrected chi connectivity index (χ2v) is 5.75. The molecule has 0 spiro atoms. The average Bonchev–Trinajstić information content (AvgIpc) is 2.47. The Bertz CT molecular complexity index is 425. The predicted octanol–water partition coefficient (Wildman–Crippen LogP) is 2.81. The second-order valence-electron chi connectivity index (χ2n) is 5.75. The van der Waals surface area contributed by atoms with Crippen LogP contribution in [0.25, 0.3) is 0 Å². The van der Waals surface area contributed by atoms with Crippen LogP contribution in [-0.2, 0) is 9.53 Å². The molecule has 0 saturated carbocycles. The van der Waals surface area contributed by atoms with Crippen LogP contribution in [-0.4, -0.2) is 35.0 Å². The number of rotatable bonds is 4. The molecular formula is C16H24N2O2. The van der Waals surface area contributed by atoms with Gasteiger partial charge < -0.3 is 4.74 Å². The molecule has 1 atom stereocenters. The standard InChI is InChI=1S/C16H24N2O2/c1-12(2)20-16(19)15-6-10-18(11-7-15)13(3)14-4-8-17-9-5-14/h4-5,8-9,12-13,15H,6-7,10-11H2,1-3H3. The number of ether oxygens (including phenoxy) is 1. The predicted molar refractivity (Wildman–Crippen MR) is 78.2 cm³/mol. The molecule has 4 nitrogen and oxygen atoms in total. The molecule has 1 aromatic rings. The van der Waals surface area contributed by atoms with Gasteiger partial charge in [-0.15, -0.1) is 0 Å². The van der Waals surface area contributed by atoms with Crippen molar-refractivity contribution in [3.8, 4) is 0 Å². The summed E-state index contributed by atoms with van der Waals surface area (Å²) in [7, 11) is 0. The number of pyridine rings is 1. The molecular weight excluding hydrogens is 252 g/mol. The Morgan fingerprint density at radius 3 is 2.40 bits per heavy atom. The first-order chi connectivity index (χ1) is 9.58. The maximum Gasteiger partial charge on any atom is 0.309 e. The third kappa shape index (κ3) is 3.79. The van der Waals surface area contributed by atoms with Gasteiger partial charge in [0.2, 0.25) is 0 Å². The number of hydrogen-bond acceptors (Lipinski definition) is 4. The number of aromatic nitrogens is 1. The minimum Gasteiger partial charge on any atom is -0.463 e. The monoisotopic (exact) mass is 276 g/mol. The topological polar surface area (TPSA) is 42.4 Å². The number of likely N-dealkylation sites (tertiary alicyclic amines) is 1. The average molecular weight is 276 g/mol. The fraction of sp³-hybridized carbons (Fsp3) is 0.625. The lowest BCUT2D eigenvalue weighted by molar-refractivity contribution is -0.154. The van der Waals surface area contributed by atoms with Crippen molar-refractivity contribution in [2.24, 2.45) is 5.92 Å². The van der Waals surface area contributed by atoms with E-state index in [-0.39, 0.29) is 18.0 Å². The van der Waals surface area contributed by atoms with Gasteiger partial charge in [-0.25, -0.2) is 0 Å². The SMILES string of the molecule is CC(C)OC(=O)C1CCN(C(C)c2ccncc2)CC1. The Kier molecular flexibility index (Phi) is 5.12. The lowest BCUT2D eigenvalue weighted by Gasteiger charge is -2.35. The molecule has 1 aliphatic rings. The Morgan fingerprint density at radius 2 is 1.85 bits per heavy atom. The van der Waals surface area contributed by atoms with Crippen molar-refractivity contribution in [2.75, 3.05) is 13.1 Å². The van der Waals surface area contributed by atoms with Crippen molar-refractivity contribution in [3.05, 3.63) is 30.1 Å². The van der Waals surface area contributed by atoms with Crippen LogP contribution in [0.2, 0.25) is 0 Å². The quantitative estimate of drug-likeness (QED) is 0.793. The van der Waals surface area contributed by atoms with Gasteiger partial charge in [0.1, 0.15) is 0 Å². The molecule has 1 saturated heterocycles. The Balaban J connectivity index is 1.87. The summed E-state index contributed by atoms with van der Waals surface area (Å²) in [5.74, 6) is 0.0366. The van der Waals surface area contributed by atoms with E-state index in [0.717, 1.165) is 25.9 Å². The van der Waals surface area contributed by atoms with Crippen LogP contribution in [0.4, 0.5) is 0 Å². The summed E-state index contributed by atoms with van der Waals surface area (Å²) in [6, 6.07) is 4.49.